The molecule has 2 aromatic carbocycles. The molecule has 0 spiro atoms. The average molecular weight is 432 g/mol. The van der Waals surface area contributed by atoms with Gasteiger partial charge in [-0.25, -0.2) is 19.0 Å². The minimum atomic E-state index is -1.08. The molecule has 156 valence electrons. The summed E-state index contributed by atoms with van der Waals surface area (Å²) >= 11 is 5.98. The molecule has 5 amide bonds. The molecule has 2 aromatic rings. The van der Waals surface area contributed by atoms with Crippen molar-refractivity contribution in [1.82, 2.24) is 14.7 Å². The van der Waals surface area contributed by atoms with Crippen LogP contribution in [0.1, 0.15) is 24.1 Å². The maximum atomic E-state index is 14.0. The monoisotopic (exact) mass is 431 g/mol. The van der Waals surface area contributed by atoms with Crippen LogP contribution in [0.2, 0.25) is 5.02 Å². The van der Waals surface area contributed by atoms with E-state index in [9.17, 15) is 23.6 Å². The fourth-order valence-electron chi connectivity index (χ4n) is 3.15. The minimum Gasteiger partial charge on any atom is -0.340 e. The van der Waals surface area contributed by atoms with Crippen LogP contribution in [0.5, 0.6) is 0 Å². The van der Waals surface area contributed by atoms with Crippen LogP contribution in [0.4, 0.5) is 9.18 Å². The third-order valence-electron chi connectivity index (χ3n) is 4.93. The molecule has 1 heterocycles. The number of carbonyl (C=O) groups is 4. The van der Waals surface area contributed by atoms with Gasteiger partial charge in [-0.05, 0) is 24.6 Å². The predicted molar refractivity (Wildman–Crippen MR) is 107 cm³/mol. The standard InChI is InChI=1S/C21H19ClFN3O4/c1-13(14-7-4-3-5-8-14)26-20(29)19(28)25(21(26)30)12-18(27)24(2)11-15-16(22)9-6-10-17(15)23/h3-10,13H,11-12H2,1-2H3. The minimum absolute atomic E-state index is 0.115. The quantitative estimate of drug-likeness (QED) is 0.520. The molecule has 1 aliphatic rings. The second-order valence-electron chi connectivity index (χ2n) is 6.89. The van der Waals surface area contributed by atoms with E-state index in [-0.39, 0.29) is 17.1 Å². The Hall–Kier alpha value is -3.26. The molecule has 7 nitrogen and oxygen atoms in total. The van der Waals surface area contributed by atoms with E-state index < -0.39 is 42.2 Å². The molecule has 3 rings (SSSR count). The van der Waals surface area contributed by atoms with Crippen LogP contribution < -0.4 is 0 Å². The summed E-state index contributed by atoms with van der Waals surface area (Å²) in [5.74, 6) is -3.29. The Balaban J connectivity index is 1.73. The highest BCUT2D eigenvalue weighted by Crippen LogP contribution is 2.26. The third-order valence-corrected chi connectivity index (χ3v) is 5.28. The second-order valence-corrected chi connectivity index (χ2v) is 7.29. The van der Waals surface area contributed by atoms with E-state index in [0.717, 1.165) is 9.80 Å². The first-order valence-electron chi connectivity index (χ1n) is 9.13. The van der Waals surface area contributed by atoms with Crippen LogP contribution >= 0.6 is 11.6 Å². The van der Waals surface area contributed by atoms with Crippen LogP contribution in [0.25, 0.3) is 0 Å². The molecule has 1 fully saturated rings. The van der Waals surface area contributed by atoms with E-state index in [1.807, 2.05) is 0 Å². The summed E-state index contributed by atoms with van der Waals surface area (Å²) in [6.07, 6.45) is 0. The van der Waals surface area contributed by atoms with Gasteiger partial charge in [0.25, 0.3) is 0 Å². The number of likely N-dealkylation sites (N-methyl/N-ethyl adjacent to an activating group) is 1. The fraction of sp³-hybridized carbons (Fsp3) is 0.238. The Morgan fingerprint density at radius 1 is 1.07 bits per heavy atom. The Morgan fingerprint density at radius 2 is 1.73 bits per heavy atom. The molecule has 0 aromatic heterocycles. The lowest BCUT2D eigenvalue weighted by Crippen LogP contribution is -2.42. The summed E-state index contributed by atoms with van der Waals surface area (Å²) in [5, 5.41) is 0.154. The van der Waals surface area contributed by atoms with E-state index in [1.165, 1.54) is 25.2 Å². The van der Waals surface area contributed by atoms with Crippen molar-refractivity contribution in [2.24, 2.45) is 0 Å². The largest absolute Gasteiger partial charge is 0.340 e. The highest BCUT2D eigenvalue weighted by molar-refractivity contribution is 6.45. The molecule has 1 atom stereocenters. The van der Waals surface area contributed by atoms with Gasteiger partial charge in [0.05, 0.1) is 6.04 Å². The van der Waals surface area contributed by atoms with Crippen molar-refractivity contribution in [3.63, 3.8) is 0 Å². The van der Waals surface area contributed by atoms with Gasteiger partial charge in [-0.3, -0.25) is 14.4 Å². The topological polar surface area (TPSA) is 78.0 Å². The molecule has 9 heteroatoms. The zero-order chi connectivity index (χ0) is 22.0. The van der Waals surface area contributed by atoms with Crippen LogP contribution in [-0.4, -0.2) is 52.0 Å². The summed E-state index contributed by atoms with van der Waals surface area (Å²) < 4.78 is 14.0. The normalized spacial score (nSPS) is 15.0. The summed E-state index contributed by atoms with van der Waals surface area (Å²) in [5.41, 5.74) is 0.788. The van der Waals surface area contributed by atoms with Crippen molar-refractivity contribution in [2.75, 3.05) is 13.6 Å². The van der Waals surface area contributed by atoms with Gasteiger partial charge in [0.15, 0.2) is 0 Å². The number of imide groups is 2. The Labute approximate surface area is 177 Å². The van der Waals surface area contributed by atoms with Gasteiger partial charge in [0, 0.05) is 24.2 Å². The fourth-order valence-corrected chi connectivity index (χ4v) is 3.37. The highest BCUT2D eigenvalue weighted by Gasteiger charge is 2.47. The van der Waals surface area contributed by atoms with Gasteiger partial charge < -0.3 is 4.90 Å². The number of hydrogen-bond acceptors (Lipinski definition) is 4. The molecular weight excluding hydrogens is 413 g/mol. The van der Waals surface area contributed by atoms with Crippen LogP contribution in [0.15, 0.2) is 48.5 Å². The average Bonchev–Trinajstić information content (AvgIpc) is 2.94. The van der Waals surface area contributed by atoms with E-state index in [4.69, 9.17) is 11.6 Å². The van der Waals surface area contributed by atoms with Crippen molar-refractivity contribution >= 4 is 35.4 Å². The van der Waals surface area contributed by atoms with Gasteiger partial charge >= 0.3 is 17.8 Å². The lowest BCUT2D eigenvalue weighted by atomic mass is 10.1. The van der Waals surface area contributed by atoms with Crippen LogP contribution in [0.3, 0.4) is 0 Å². The number of hydrogen-bond donors (Lipinski definition) is 0. The number of halogens is 2. The highest BCUT2D eigenvalue weighted by atomic mass is 35.5. The molecule has 1 unspecified atom stereocenters. The van der Waals surface area contributed by atoms with Gasteiger partial charge in [0.1, 0.15) is 12.4 Å². The van der Waals surface area contributed by atoms with E-state index >= 15 is 0 Å². The van der Waals surface area contributed by atoms with Gasteiger partial charge in [-0.1, -0.05) is 48.0 Å². The molecule has 0 bridgehead atoms. The van der Waals surface area contributed by atoms with Crippen molar-refractivity contribution < 1.29 is 23.6 Å². The molecule has 30 heavy (non-hydrogen) atoms. The first-order chi connectivity index (χ1) is 14.2. The lowest BCUT2D eigenvalue weighted by Gasteiger charge is -2.23. The first-order valence-corrected chi connectivity index (χ1v) is 9.51. The summed E-state index contributed by atoms with van der Waals surface area (Å²) in [4.78, 5) is 52.6. The maximum Gasteiger partial charge on any atom is 0.335 e. The number of nitrogens with zero attached hydrogens (tertiary/aromatic N) is 3. The summed E-state index contributed by atoms with van der Waals surface area (Å²) in [6.45, 7) is 0.832. The molecule has 0 radical (unpaired) electrons. The van der Waals surface area contributed by atoms with Crippen molar-refractivity contribution in [2.45, 2.75) is 19.5 Å². The van der Waals surface area contributed by atoms with Crippen molar-refractivity contribution in [1.29, 1.82) is 0 Å². The molecule has 1 aliphatic heterocycles. The van der Waals surface area contributed by atoms with Crippen molar-refractivity contribution in [3.8, 4) is 0 Å². The van der Waals surface area contributed by atoms with E-state index in [0.29, 0.717) is 10.5 Å². The number of amides is 5. The molecule has 0 N–H and O–H groups in total. The van der Waals surface area contributed by atoms with Gasteiger partial charge in [0.2, 0.25) is 5.91 Å². The van der Waals surface area contributed by atoms with E-state index in [2.05, 4.69) is 0 Å². The smallest absolute Gasteiger partial charge is 0.335 e. The zero-order valence-electron chi connectivity index (χ0n) is 16.3. The first kappa shape index (κ1) is 21.4. The Kier molecular flexibility index (Phi) is 6.17. The summed E-state index contributed by atoms with van der Waals surface area (Å²) in [7, 11) is 1.39. The third kappa shape index (κ3) is 4.04. The number of urea groups is 1. The second kappa shape index (κ2) is 8.62. The summed E-state index contributed by atoms with van der Waals surface area (Å²) in [6, 6.07) is 11.4. The Bertz CT molecular complexity index is 994. The molecular formula is C21H19ClFN3O4. The molecule has 0 aliphatic carbocycles. The lowest BCUT2D eigenvalue weighted by molar-refractivity contribution is -0.145. The van der Waals surface area contributed by atoms with Crippen LogP contribution in [0, 0.1) is 5.82 Å². The molecule has 1 saturated heterocycles. The van der Waals surface area contributed by atoms with Crippen LogP contribution in [-0.2, 0) is 20.9 Å². The SMILES string of the molecule is CC(c1ccccc1)N1C(=O)C(=O)N(CC(=O)N(C)Cc2c(F)cccc2Cl)C1=O. The van der Waals surface area contributed by atoms with Crippen molar-refractivity contribution in [3.05, 3.63) is 70.5 Å². The number of rotatable bonds is 6. The molecule has 0 saturated carbocycles. The maximum absolute atomic E-state index is 14.0. The van der Waals surface area contributed by atoms with Gasteiger partial charge in [-0.2, -0.15) is 0 Å². The Morgan fingerprint density at radius 3 is 2.37 bits per heavy atom. The van der Waals surface area contributed by atoms with Gasteiger partial charge in [-0.15, -0.1) is 0 Å². The zero-order valence-corrected chi connectivity index (χ0v) is 17.1. The number of benzene rings is 2. The van der Waals surface area contributed by atoms with E-state index in [1.54, 1.807) is 37.3 Å². The number of carbonyl (C=O) groups excluding carboxylic acids is 4. The predicted octanol–water partition coefficient (Wildman–Crippen LogP) is 2.99.